The molecule has 0 saturated carbocycles. The molecule has 1 atom stereocenters. The Hall–Kier alpha value is -3.75. The van der Waals surface area contributed by atoms with E-state index in [9.17, 15) is 14.7 Å². The van der Waals surface area contributed by atoms with Crippen LogP contribution >= 0.6 is 0 Å². The lowest BCUT2D eigenvalue weighted by atomic mass is 9.95. The molecule has 1 N–H and O–H groups in total. The maximum Gasteiger partial charge on any atom is 0.295 e. The molecule has 2 aromatic carbocycles. The van der Waals surface area contributed by atoms with Crippen LogP contribution in [0.15, 0.2) is 72.4 Å². The van der Waals surface area contributed by atoms with Crippen LogP contribution in [0.1, 0.15) is 29.3 Å². The summed E-state index contributed by atoms with van der Waals surface area (Å²) in [5.41, 5.74) is 2.86. The van der Waals surface area contributed by atoms with E-state index in [1.54, 1.807) is 15.8 Å². The molecular weight excluding hydrogens is 456 g/mol. The molecule has 2 fully saturated rings. The van der Waals surface area contributed by atoms with Gasteiger partial charge in [0.2, 0.25) is 0 Å². The fraction of sp³-hybridized carbons (Fsp3) is 0.321. The van der Waals surface area contributed by atoms with Crippen molar-refractivity contribution in [2.24, 2.45) is 0 Å². The number of aromatic nitrogens is 2. The highest BCUT2D eigenvalue weighted by molar-refractivity contribution is 6.46. The molecule has 5 rings (SSSR count). The molecule has 0 aliphatic carbocycles. The van der Waals surface area contributed by atoms with Crippen LogP contribution in [-0.4, -0.2) is 75.8 Å². The average molecular weight is 487 g/mol. The van der Waals surface area contributed by atoms with Gasteiger partial charge in [0.1, 0.15) is 5.76 Å². The lowest BCUT2D eigenvalue weighted by Gasteiger charge is -2.29. The van der Waals surface area contributed by atoms with Gasteiger partial charge in [-0.2, -0.15) is 5.10 Å². The number of rotatable bonds is 7. The molecule has 1 amide bonds. The van der Waals surface area contributed by atoms with E-state index in [0.717, 1.165) is 37.3 Å². The number of aliphatic hydroxyl groups is 1. The Morgan fingerprint density at radius 2 is 1.67 bits per heavy atom. The van der Waals surface area contributed by atoms with Gasteiger partial charge >= 0.3 is 0 Å². The lowest BCUT2D eigenvalue weighted by Crippen LogP contribution is -2.38. The number of hydrogen-bond donors (Lipinski definition) is 1. The van der Waals surface area contributed by atoms with Crippen molar-refractivity contribution in [3.8, 4) is 5.69 Å². The number of hydrogen-bond acceptors (Lipinski definition) is 6. The van der Waals surface area contributed by atoms with Crippen molar-refractivity contribution in [3.05, 3.63) is 89.3 Å². The van der Waals surface area contributed by atoms with Gasteiger partial charge in [-0.05, 0) is 31.0 Å². The van der Waals surface area contributed by atoms with Crippen LogP contribution in [0.3, 0.4) is 0 Å². The third-order valence-electron chi connectivity index (χ3n) is 6.90. The quantitative estimate of drug-likeness (QED) is 0.313. The number of carbonyl (C=O) groups is 2. The smallest absolute Gasteiger partial charge is 0.295 e. The molecule has 0 spiro atoms. The van der Waals surface area contributed by atoms with E-state index in [-0.39, 0.29) is 11.3 Å². The fourth-order valence-corrected chi connectivity index (χ4v) is 5.00. The summed E-state index contributed by atoms with van der Waals surface area (Å²) in [6, 6.07) is 18.3. The minimum Gasteiger partial charge on any atom is -0.507 e. The van der Waals surface area contributed by atoms with Gasteiger partial charge in [0.05, 0.1) is 48.0 Å². The topological polar surface area (TPSA) is 87.9 Å². The molecule has 0 radical (unpaired) electrons. The summed E-state index contributed by atoms with van der Waals surface area (Å²) >= 11 is 0. The van der Waals surface area contributed by atoms with Gasteiger partial charge in [-0.25, -0.2) is 4.68 Å². The molecule has 1 aromatic heterocycles. The summed E-state index contributed by atoms with van der Waals surface area (Å²) < 4.78 is 7.13. The highest BCUT2D eigenvalue weighted by Crippen LogP contribution is 2.40. The Morgan fingerprint density at radius 1 is 1.00 bits per heavy atom. The summed E-state index contributed by atoms with van der Waals surface area (Å²) in [5, 5.41) is 15.9. The first-order chi connectivity index (χ1) is 17.6. The number of ether oxygens (including phenoxy) is 1. The van der Waals surface area contributed by atoms with Crippen molar-refractivity contribution in [2.45, 2.75) is 19.4 Å². The van der Waals surface area contributed by atoms with Gasteiger partial charge < -0.3 is 14.7 Å². The monoisotopic (exact) mass is 486 g/mol. The maximum absolute atomic E-state index is 13.3. The number of Topliss-reactive ketones (excluding diaryl/α,β-unsaturated/α-hetero) is 1. The third kappa shape index (κ3) is 4.57. The maximum atomic E-state index is 13.3. The number of benzene rings is 2. The van der Waals surface area contributed by atoms with Crippen molar-refractivity contribution >= 4 is 17.4 Å². The normalized spacial score (nSPS) is 20.2. The Morgan fingerprint density at radius 3 is 2.36 bits per heavy atom. The molecule has 8 heteroatoms. The van der Waals surface area contributed by atoms with Crippen LogP contribution in [0, 0.1) is 6.92 Å². The molecule has 0 bridgehead atoms. The van der Waals surface area contributed by atoms with Gasteiger partial charge in [-0.3, -0.25) is 14.5 Å². The molecule has 3 aromatic rings. The number of nitrogens with zero attached hydrogens (tertiary/aromatic N) is 4. The molecule has 8 nitrogen and oxygen atoms in total. The van der Waals surface area contributed by atoms with E-state index >= 15 is 0 Å². The first-order valence-electron chi connectivity index (χ1n) is 12.3. The predicted octanol–water partition coefficient (Wildman–Crippen LogP) is 3.32. The van der Waals surface area contributed by atoms with Crippen molar-refractivity contribution < 1.29 is 19.4 Å². The van der Waals surface area contributed by atoms with Crippen LogP contribution in [0.2, 0.25) is 0 Å². The van der Waals surface area contributed by atoms with E-state index in [1.807, 2.05) is 67.6 Å². The third-order valence-corrected chi connectivity index (χ3v) is 6.90. The number of ketones is 1. The summed E-state index contributed by atoms with van der Waals surface area (Å²) in [6.07, 6.45) is 2.27. The minimum absolute atomic E-state index is 0.105. The zero-order chi connectivity index (χ0) is 25.1. The van der Waals surface area contributed by atoms with Crippen LogP contribution < -0.4 is 0 Å². The number of para-hydroxylation sites is 1. The van der Waals surface area contributed by atoms with Crippen LogP contribution in [0.25, 0.3) is 11.4 Å². The first-order valence-corrected chi connectivity index (χ1v) is 12.3. The highest BCUT2D eigenvalue weighted by Gasteiger charge is 2.46. The van der Waals surface area contributed by atoms with Gasteiger partial charge in [0.15, 0.2) is 0 Å². The molecule has 2 aliphatic rings. The number of likely N-dealkylation sites (tertiary alicyclic amines) is 1. The Labute approximate surface area is 210 Å². The van der Waals surface area contributed by atoms with Crippen molar-refractivity contribution in [2.75, 3.05) is 39.4 Å². The number of carbonyl (C=O) groups excluding carboxylic acids is 2. The molecule has 2 aliphatic heterocycles. The second-order valence-electron chi connectivity index (χ2n) is 9.10. The average Bonchev–Trinajstić information content (AvgIpc) is 3.42. The molecule has 186 valence electrons. The second kappa shape index (κ2) is 10.5. The summed E-state index contributed by atoms with van der Waals surface area (Å²) in [4.78, 5) is 30.4. The SMILES string of the molecule is Cc1c(/C(O)=C2\C(=O)C(=O)N(CCCN3CCOCC3)[C@@H]2c2ccccc2)cnn1-c1ccccc1. The molecular formula is C28H30N4O4. The molecule has 0 unspecified atom stereocenters. The van der Waals surface area contributed by atoms with E-state index in [2.05, 4.69) is 10.00 Å². The Balaban J connectivity index is 1.49. The van der Waals surface area contributed by atoms with E-state index in [4.69, 9.17) is 4.74 Å². The number of morpholine rings is 1. The highest BCUT2D eigenvalue weighted by atomic mass is 16.5. The zero-order valence-corrected chi connectivity index (χ0v) is 20.3. The largest absolute Gasteiger partial charge is 0.507 e. The fourth-order valence-electron chi connectivity index (χ4n) is 5.00. The Kier molecular flexibility index (Phi) is 6.97. The van der Waals surface area contributed by atoms with Crippen LogP contribution in [0.4, 0.5) is 0 Å². The van der Waals surface area contributed by atoms with Crippen molar-refractivity contribution in [1.29, 1.82) is 0 Å². The van der Waals surface area contributed by atoms with Crippen molar-refractivity contribution in [3.63, 3.8) is 0 Å². The summed E-state index contributed by atoms with van der Waals surface area (Å²) in [5.74, 6) is -1.45. The predicted molar refractivity (Wildman–Crippen MR) is 136 cm³/mol. The van der Waals surface area contributed by atoms with Crippen molar-refractivity contribution in [1.82, 2.24) is 19.6 Å². The first kappa shape index (κ1) is 24.0. The minimum atomic E-state index is -0.667. The van der Waals surface area contributed by atoms with Crippen LogP contribution in [0.5, 0.6) is 0 Å². The van der Waals surface area contributed by atoms with Gasteiger partial charge in [-0.1, -0.05) is 48.5 Å². The summed E-state index contributed by atoms with van der Waals surface area (Å²) in [7, 11) is 0. The van der Waals surface area contributed by atoms with E-state index in [0.29, 0.717) is 31.0 Å². The second-order valence-corrected chi connectivity index (χ2v) is 9.10. The Bertz CT molecular complexity index is 1260. The van der Waals surface area contributed by atoms with E-state index in [1.165, 1.54) is 0 Å². The zero-order valence-electron chi connectivity index (χ0n) is 20.3. The van der Waals surface area contributed by atoms with E-state index < -0.39 is 17.7 Å². The lowest BCUT2D eigenvalue weighted by molar-refractivity contribution is -0.140. The number of aliphatic hydroxyl groups excluding tert-OH is 1. The summed E-state index contributed by atoms with van der Waals surface area (Å²) in [6.45, 7) is 6.23. The van der Waals surface area contributed by atoms with Crippen LogP contribution in [-0.2, 0) is 14.3 Å². The van der Waals surface area contributed by atoms with Gasteiger partial charge in [0, 0.05) is 26.2 Å². The standard InChI is InChI=1S/C28H30N4O4/c1-20-23(19-29-32(20)22-11-6-3-7-12-22)26(33)24-25(21-9-4-2-5-10-21)31(28(35)27(24)34)14-8-13-30-15-17-36-18-16-30/h2-7,9-12,19,25,33H,8,13-18H2,1H3/b26-24+/t25-/m1/s1. The van der Waals surface area contributed by atoms with Gasteiger partial charge in [0.25, 0.3) is 11.7 Å². The molecule has 36 heavy (non-hydrogen) atoms. The van der Waals surface area contributed by atoms with Gasteiger partial charge in [-0.15, -0.1) is 0 Å². The number of amides is 1. The molecule has 2 saturated heterocycles. The molecule has 3 heterocycles.